The highest BCUT2D eigenvalue weighted by Crippen LogP contribution is 2.16. The average Bonchev–Trinajstić information content (AvgIpc) is 2.13. The largest absolute Gasteiger partial charge is 0.377 e. The third-order valence-corrected chi connectivity index (χ3v) is 2.82. The Morgan fingerprint density at radius 1 is 1.60 bits per heavy atom. The molecule has 2 atom stereocenters. The van der Waals surface area contributed by atoms with Gasteiger partial charge < -0.3 is 15.4 Å². The minimum absolute atomic E-state index is 0.113. The lowest BCUT2D eigenvalue weighted by Gasteiger charge is -2.34. The number of piperidine rings is 1. The van der Waals surface area contributed by atoms with E-state index in [-0.39, 0.29) is 18.1 Å². The highest BCUT2D eigenvalue weighted by atomic mass is 16.5. The van der Waals surface area contributed by atoms with Gasteiger partial charge in [0.25, 0.3) is 0 Å². The molecule has 0 aromatic heterocycles. The summed E-state index contributed by atoms with van der Waals surface area (Å²) in [6.45, 7) is 7.95. The molecule has 1 amide bonds. The Labute approximate surface area is 91.8 Å². The number of ether oxygens (including phenoxy) is 1. The summed E-state index contributed by atoms with van der Waals surface area (Å²) < 4.78 is 5.42. The monoisotopic (exact) mass is 214 g/mol. The lowest BCUT2D eigenvalue weighted by atomic mass is 9.94. The van der Waals surface area contributed by atoms with E-state index in [4.69, 9.17) is 10.5 Å². The number of rotatable bonds is 4. The van der Waals surface area contributed by atoms with E-state index >= 15 is 0 Å². The molecule has 0 bridgehead atoms. The lowest BCUT2D eigenvalue weighted by molar-refractivity contribution is -0.136. The van der Waals surface area contributed by atoms with Gasteiger partial charge in [-0.3, -0.25) is 4.79 Å². The number of hydrogen-bond acceptors (Lipinski definition) is 3. The summed E-state index contributed by atoms with van der Waals surface area (Å²) in [5.74, 6) is 0.510. The van der Waals surface area contributed by atoms with Crippen LogP contribution in [0.15, 0.2) is 0 Å². The number of hydrogen-bond donors (Lipinski definition) is 1. The van der Waals surface area contributed by atoms with Crippen molar-refractivity contribution in [2.24, 2.45) is 11.7 Å². The summed E-state index contributed by atoms with van der Waals surface area (Å²) >= 11 is 0. The summed E-state index contributed by atoms with van der Waals surface area (Å²) in [6.07, 6.45) is 0.792. The molecule has 1 fully saturated rings. The quantitative estimate of drug-likeness (QED) is 0.746. The fraction of sp³-hybridized carbons (Fsp3) is 0.909. The average molecular weight is 214 g/mol. The van der Waals surface area contributed by atoms with Crippen LogP contribution in [0.5, 0.6) is 0 Å². The molecule has 88 valence electrons. The molecule has 0 spiro atoms. The van der Waals surface area contributed by atoms with Crippen LogP contribution in [0.4, 0.5) is 0 Å². The fourth-order valence-electron chi connectivity index (χ4n) is 1.71. The van der Waals surface area contributed by atoms with Crippen molar-refractivity contribution in [2.45, 2.75) is 39.3 Å². The molecule has 0 aromatic carbocycles. The van der Waals surface area contributed by atoms with Crippen molar-refractivity contribution in [2.75, 3.05) is 19.7 Å². The van der Waals surface area contributed by atoms with E-state index in [1.807, 2.05) is 25.7 Å². The van der Waals surface area contributed by atoms with Crippen LogP contribution < -0.4 is 5.73 Å². The van der Waals surface area contributed by atoms with Gasteiger partial charge in [-0.05, 0) is 19.8 Å². The molecule has 1 aliphatic rings. The summed E-state index contributed by atoms with van der Waals surface area (Å²) in [5.41, 5.74) is 5.93. The van der Waals surface area contributed by atoms with E-state index in [1.54, 1.807) is 0 Å². The van der Waals surface area contributed by atoms with Crippen LogP contribution in [0.3, 0.4) is 0 Å². The molecule has 0 radical (unpaired) electrons. The van der Waals surface area contributed by atoms with Gasteiger partial charge in [-0.1, -0.05) is 6.92 Å². The van der Waals surface area contributed by atoms with Crippen molar-refractivity contribution >= 4 is 5.91 Å². The van der Waals surface area contributed by atoms with Gasteiger partial charge in [0.1, 0.15) is 0 Å². The Kier molecular flexibility index (Phi) is 4.54. The molecular formula is C11H22N2O2. The standard InChI is InChI=1S/C11H22N2O2/c1-8(2)15-5-4-13-7-10(12)9(3)6-11(13)14/h8-10H,4-7,12H2,1-3H3. The van der Waals surface area contributed by atoms with Crippen molar-refractivity contribution in [3.05, 3.63) is 0 Å². The van der Waals surface area contributed by atoms with Crippen molar-refractivity contribution in [3.63, 3.8) is 0 Å². The van der Waals surface area contributed by atoms with E-state index in [9.17, 15) is 4.79 Å². The van der Waals surface area contributed by atoms with E-state index in [0.717, 1.165) is 0 Å². The Hall–Kier alpha value is -0.610. The maximum atomic E-state index is 11.6. The van der Waals surface area contributed by atoms with Crippen molar-refractivity contribution < 1.29 is 9.53 Å². The molecule has 0 aromatic rings. The molecule has 0 saturated carbocycles. The van der Waals surface area contributed by atoms with Crippen LogP contribution in [0.2, 0.25) is 0 Å². The minimum atomic E-state index is 0.113. The summed E-state index contributed by atoms with van der Waals surface area (Å²) in [5, 5.41) is 0. The maximum Gasteiger partial charge on any atom is 0.223 e. The number of nitrogens with two attached hydrogens (primary N) is 1. The molecular weight excluding hydrogens is 192 g/mol. The van der Waals surface area contributed by atoms with Crippen LogP contribution in [0, 0.1) is 5.92 Å². The van der Waals surface area contributed by atoms with Gasteiger partial charge in [-0.25, -0.2) is 0 Å². The normalized spacial score (nSPS) is 27.5. The van der Waals surface area contributed by atoms with Crippen molar-refractivity contribution in [1.29, 1.82) is 0 Å². The molecule has 1 rings (SSSR count). The molecule has 1 aliphatic heterocycles. The SMILES string of the molecule is CC(C)OCCN1CC(N)C(C)CC1=O. The molecule has 0 aliphatic carbocycles. The van der Waals surface area contributed by atoms with Gasteiger partial charge in [0.2, 0.25) is 5.91 Å². The number of carbonyl (C=O) groups excluding carboxylic acids is 1. The zero-order valence-electron chi connectivity index (χ0n) is 9.90. The molecule has 2 N–H and O–H groups in total. The first-order valence-electron chi connectivity index (χ1n) is 5.65. The maximum absolute atomic E-state index is 11.6. The predicted octanol–water partition coefficient (Wildman–Crippen LogP) is 0.607. The minimum Gasteiger partial charge on any atom is -0.377 e. The molecule has 1 heterocycles. The van der Waals surface area contributed by atoms with Gasteiger partial charge in [0.15, 0.2) is 0 Å². The number of likely N-dealkylation sites (tertiary alicyclic amines) is 1. The zero-order chi connectivity index (χ0) is 11.4. The molecule has 4 heteroatoms. The van der Waals surface area contributed by atoms with Crippen LogP contribution in [-0.2, 0) is 9.53 Å². The number of carbonyl (C=O) groups is 1. The highest BCUT2D eigenvalue weighted by molar-refractivity contribution is 5.77. The lowest BCUT2D eigenvalue weighted by Crippen LogP contribution is -2.51. The zero-order valence-corrected chi connectivity index (χ0v) is 9.90. The van der Waals surface area contributed by atoms with Gasteiger partial charge in [-0.2, -0.15) is 0 Å². The summed E-state index contributed by atoms with van der Waals surface area (Å²) in [4.78, 5) is 13.5. The first-order valence-corrected chi connectivity index (χ1v) is 5.65. The van der Waals surface area contributed by atoms with E-state index in [1.165, 1.54) is 0 Å². The van der Waals surface area contributed by atoms with Gasteiger partial charge in [-0.15, -0.1) is 0 Å². The van der Waals surface area contributed by atoms with Crippen molar-refractivity contribution in [3.8, 4) is 0 Å². The van der Waals surface area contributed by atoms with E-state index in [0.29, 0.717) is 32.0 Å². The smallest absolute Gasteiger partial charge is 0.223 e. The topological polar surface area (TPSA) is 55.6 Å². The Morgan fingerprint density at radius 2 is 2.27 bits per heavy atom. The first kappa shape index (κ1) is 12.5. The predicted molar refractivity (Wildman–Crippen MR) is 59.4 cm³/mol. The molecule has 1 saturated heterocycles. The second-order valence-corrected chi connectivity index (χ2v) is 4.60. The number of amides is 1. The second-order valence-electron chi connectivity index (χ2n) is 4.60. The Morgan fingerprint density at radius 3 is 2.87 bits per heavy atom. The van der Waals surface area contributed by atoms with E-state index < -0.39 is 0 Å². The van der Waals surface area contributed by atoms with Gasteiger partial charge in [0.05, 0.1) is 12.7 Å². The van der Waals surface area contributed by atoms with Crippen LogP contribution in [0.25, 0.3) is 0 Å². The third-order valence-electron chi connectivity index (χ3n) is 2.82. The van der Waals surface area contributed by atoms with Crippen molar-refractivity contribution in [1.82, 2.24) is 4.90 Å². The fourth-order valence-corrected chi connectivity index (χ4v) is 1.71. The van der Waals surface area contributed by atoms with Crippen LogP contribution >= 0.6 is 0 Å². The molecule has 15 heavy (non-hydrogen) atoms. The van der Waals surface area contributed by atoms with Crippen LogP contribution in [-0.4, -0.2) is 42.6 Å². The Bertz CT molecular complexity index is 219. The van der Waals surface area contributed by atoms with E-state index in [2.05, 4.69) is 0 Å². The van der Waals surface area contributed by atoms with Crippen LogP contribution in [0.1, 0.15) is 27.2 Å². The summed E-state index contributed by atoms with van der Waals surface area (Å²) in [6, 6.07) is 0.113. The van der Waals surface area contributed by atoms with Gasteiger partial charge in [0, 0.05) is 25.6 Å². The van der Waals surface area contributed by atoms with Gasteiger partial charge >= 0.3 is 0 Å². The third kappa shape index (κ3) is 3.80. The number of nitrogens with zero attached hydrogens (tertiary/aromatic N) is 1. The molecule has 2 unspecified atom stereocenters. The Balaban J connectivity index is 2.32. The summed E-state index contributed by atoms with van der Waals surface area (Å²) in [7, 11) is 0. The first-order chi connectivity index (χ1) is 7.00. The second kappa shape index (κ2) is 5.47. The molecule has 4 nitrogen and oxygen atoms in total. The highest BCUT2D eigenvalue weighted by Gasteiger charge is 2.28.